The second-order valence-corrected chi connectivity index (χ2v) is 5.75. The van der Waals surface area contributed by atoms with Crippen molar-refractivity contribution >= 4 is 21.8 Å². The minimum absolute atomic E-state index is 0.296. The van der Waals surface area contributed by atoms with Crippen molar-refractivity contribution in [2.24, 2.45) is 5.14 Å². The van der Waals surface area contributed by atoms with Crippen molar-refractivity contribution in [1.29, 1.82) is 0 Å². The summed E-state index contributed by atoms with van der Waals surface area (Å²) in [5.74, 6) is 0.296. The Morgan fingerprint density at radius 1 is 1.22 bits per heavy atom. The maximum Gasteiger partial charge on any atom is 0.304 e. The number of halogens is 1. The van der Waals surface area contributed by atoms with Crippen molar-refractivity contribution in [2.75, 3.05) is 0 Å². The fourth-order valence-electron chi connectivity index (χ4n) is 1.68. The van der Waals surface area contributed by atoms with Crippen LogP contribution in [0.25, 0.3) is 11.4 Å². The Hall–Kier alpha value is -1.37. The van der Waals surface area contributed by atoms with Gasteiger partial charge < -0.3 is 0 Å². The fraction of sp³-hybridized carbons (Fsp3) is 0.182. The Bertz CT molecular complexity index is 690. The molecule has 0 spiro atoms. The van der Waals surface area contributed by atoms with Crippen molar-refractivity contribution in [3.8, 4) is 11.4 Å². The SMILES string of the molecule is Cc1nc(-c2ccc(Cl)cc2)n(S(N)(=O)=O)c1C. The van der Waals surface area contributed by atoms with Gasteiger partial charge in [0, 0.05) is 10.6 Å². The van der Waals surface area contributed by atoms with E-state index in [1.165, 1.54) is 0 Å². The van der Waals surface area contributed by atoms with E-state index in [4.69, 9.17) is 16.7 Å². The van der Waals surface area contributed by atoms with Crippen LogP contribution >= 0.6 is 11.6 Å². The van der Waals surface area contributed by atoms with Crippen LogP contribution in [0.4, 0.5) is 0 Å². The molecule has 2 N–H and O–H groups in total. The molecule has 2 rings (SSSR count). The van der Waals surface area contributed by atoms with Gasteiger partial charge in [-0.3, -0.25) is 0 Å². The van der Waals surface area contributed by atoms with Gasteiger partial charge in [0.2, 0.25) is 0 Å². The summed E-state index contributed by atoms with van der Waals surface area (Å²) >= 11 is 5.80. The van der Waals surface area contributed by atoms with E-state index < -0.39 is 10.2 Å². The highest BCUT2D eigenvalue weighted by molar-refractivity contribution is 7.87. The predicted molar refractivity (Wildman–Crippen MR) is 70.7 cm³/mol. The third-order valence-corrected chi connectivity index (χ3v) is 3.86. The highest BCUT2D eigenvalue weighted by atomic mass is 35.5. The number of aromatic nitrogens is 2. The Kier molecular flexibility index (Phi) is 3.18. The van der Waals surface area contributed by atoms with Crippen LogP contribution in [-0.4, -0.2) is 17.4 Å². The average molecular weight is 286 g/mol. The zero-order valence-corrected chi connectivity index (χ0v) is 11.5. The molecular formula is C11H12ClN3O2S. The van der Waals surface area contributed by atoms with Gasteiger partial charge >= 0.3 is 10.2 Å². The van der Waals surface area contributed by atoms with E-state index in [0.29, 0.717) is 27.8 Å². The molecule has 0 fully saturated rings. The second-order valence-electron chi connectivity index (χ2n) is 3.92. The van der Waals surface area contributed by atoms with Crippen LogP contribution in [0.2, 0.25) is 5.02 Å². The van der Waals surface area contributed by atoms with Gasteiger partial charge in [-0.25, -0.2) is 14.1 Å². The fourth-order valence-corrected chi connectivity index (χ4v) is 2.71. The summed E-state index contributed by atoms with van der Waals surface area (Å²) in [6.07, 6.45) is 0. The molecule has 1 aromatic carbocycles. The quantitative estimate of drug-likeness (QED) is 0.915. The maximum absolute atomic E-state index is 11.6. The average Bonchev–Trinajstić information content (AvgIpc) is 2.56. The molecule has 0 saturated carbocycles. The smallest absolute Gasteiger partial charge is 0.232 e. The number of imidazole rings is 1. The number of hydrogen-bond donors (Lipinski definition) is 1. The lowest BCUT2D eigenvalue weighted by atomic mass is 10.2. The number of aryl methyl sites for hydroxylation is 1. The number of nitrogens with two attached hydrogens (primary N) is 1. The van der Waals surface area contributed by atoms with Crippen molar-refractivity contribution in [2.45, 2.75) is 13.8 Å². The third-order valence-electron chi connectivity index (χ3n) is 2.65. The summed E-state index contributed by atoms with van der Waals surface area (Å²) in [5, 5.41) is 5.78. The lowest BCUT2D eigenvalue weighted by molar-refractivity contribution is 0.588. The zero-order valence-electron chi connectivity index (χ0n) is 9.88. The molecule has 0 bridgehead atoms. The molecule has 0 saturated heterocycles. The summed E-state index contributed by atoms with van der Waals surface area (Å²) in [4.78, 5) is 4.24. The van der Waals surface area contributed by atoms with Gasteiger partial charge in [0.1, 0.15) is 0 Å². The van der Waals surface area contributed by atoms with Crippen molar-refractivity contribution < 1.29 is 8.42 Å². The molecular weight excluding hydrogens is 274 g/mol. The molecule has 0 aliphatic rings. The Labute approximate surface area is 110 Å². The highest BCUT2D eigenvalue weighted by Crippen LogP contribution is 2.24. The Morgan fingerprint density at radius 3 is 2.28 bits per heavy atom. The number of nitrogens with zero attached hydrogens (tertiary/aromatic N) is 2. The topological polar surface area (TPSA) is 78.0 Å². The molecule has 96 valence electrons. The van der Waals surface area contributed by atoms with E-state index in [1.807, 2.05) is 0 Å². The highest BCUT2D eigenvalue weighted by Gasteiger charge is 2.20. The number of rotatable bonds is 2. The van der Waals surface area contributed by atoms with E-state index in [2.05, 4.69) is 4.98 Å². The molecule has 1 aromatic heterocycles. The predicted octanol–water partition coefficient (Wildman–Crippen LogP) is 1.87. The number of hydrogen-bond acceptors (Lipinski definition) is 3. The van der Waals surface area contributed by atoms with Gasteiger partial charge in [0.25, 0.3) is 0 Å². The van der Waals surface area contributed by atoms with Gasteiger partial charge in [0.05, 0.1) is 11.4 Å². The van der Waals surface area contributed by atoms with E-state index in [-0.39, 0.29) is 0 Å². The Morgan fingerprint density at radius 2 is 1.78 bits per heavy atom. The molecule has 18 heavy (non-hydrogen) atoms. The molecule has 0 aliphatic heterocycles. The number of benzene rings is 1. The minimum atomic E-state index is -3.88. The molecule has 1 heterocycles. The largest absolute Gasteiger partial charge is 0.304 e. The van der Waals surface area contributed by atoms with E-state index in [0.717, 1.165) is 3.97 Å². The molecule has 0 atom stereocenters. The molecule has 2 aromatic rings. The zero-order chi connectivity index (χ0) is 13.5. The maximum atomic E-state index is 11.6. The van der Waals surface area contributed by atoms with Crippen molar-refractivity contribution in [3.63, 3.8) is 0 Å². The third kappa shape index (κ3) is 2.27. The van der Waals surface area contributed by atoms with Gasteiger partial charge in [0.15, 0.2) is 5.82 Å². The lowest BCUT2D eigenvalue weighted by Gasteiger charge is -2.07. The lowest BCUT2D eigenvalue weighted by Crippen LogP contribution is -2.23. The molecule has 0 amide bonds. The summed E-state index contributed by atoms with van der Waals surface area (Å²) < 4.78 is 24.2. The van der Waals surface area contributed by atoms with Crippen LogP contribution < -0.4 is 5.14 Å². The second kappa shape index (κ2) is 4.38. The van der Waals surface area contributed by atoms with Crippen molar-refractivity contribution in [1.82, 2.24) is 8.96 Å². The minimum Gasteiger partial charge on any atom is -0.232 e. The standard InChI is InChI=1S/C11H12ClN3O2S/c1-7-8(2)15(18(13,16)17)11(14-7)9-3-5-10(12)6-4-9/h3-6H,1-2H3,(H2,13,16,17). The first-order valence-electron chi connectivity index (χ1n) is 5.16. The van der Waals surface area contributed by atoms with E-state index in [9.17, 15) is 8.42 Å². The van der Waals surface area contributed by atoms with Crippen LogP contribution in [0, 0.1) is 13.8 Å². The summed E-state index contributed by atoms with van der Waals surface area (Å²) in [6, 6.07) is 6.74. The van der Waals surface area contributed by atoms with Gasteiger partial charge in [-0.2, -0.15) is 8.42 Å². The molecule has 0 radical (unpaired) electrons. The first-order chi connectivity index (χ1) is 8.30. The van der Waals surface area contributed by atoms with Crippen LogP contribution in [0.15, 0.2) is 24.3 Å². The van der Waals surface area contributed by atoms with Crippen LogP contribution in [0.5, 0.6) is 0 Å². The monoisotopic (exact) mass is 285 g/mol. The Balaban J connectivity index is 2.73. The van der Waals surface area contributed by atoms with Crippen LogP contribution in [0.3, 0.4) is 0 Å². The van der Waals surface area contributed by atoms with Crippen molar-refractivity contribution in [3.05, 3.63) is 40.7 Å². The van der Waals surface area contributed by atoms with Crippen LogP contribution in [0.1, 0.15) is 11.4 Å². The molecule has 7 heteroatoms. The van der Waals surface area contributed by atoms with Crippen LogP contribution in [-0.2, 0) is 10.2 Å². The van der Waals surface area contributed by atoms with Gasteiger partial charge in [-0.05, 0) is 38.1 Å². The first kappa shape index (κ1) is 13.1. The molecule has 5 nitrogen and oxygen atoms in total. The molecule has 0 aliphatic carbocycles. The summed E-state index contributed by atoms with van der Waals surface area (Å²) in [5.41, 5.74) is 1.76. The summed E-state index contributed by atoms with van der Waals surface area (Å²) in [7, 11) is -3.88. The van der Waals surface area contributed by atoms with Gasteiger partial charge in [-0.15, -0.1) is 0 Å². The normalized spacial score (nSPS) is 11.8. The van der Waals surface area contributed by atoms with Gasteiger partial charge in [-0.1, -0.05) is 11.6 Å². The first-order valence-corrected chi connectivity index (χ1v) is 7.04. The summed E-state index contributed by atoms with van der Waals surface area (Å²) in [6.45, 7) is 3.39. The van der Waals surface area contributed by atoms with E-state index in [1.54, 1.807) is 38.1 Å². The molecule has 0 unspecified atom stereocenters. The van der Waals surface area contributed by atoms with E-state index >= 15 is 0 Å².